The molecule has 2 rings (SSSR count). The Hall–Kier alpha value is -1.91. The van der Waals surface area contributed by atoms with Crippen molar-refractivity contribution in [2.75, 3.05) is 5.73 Å². The van der Waals surface area contributed by atoms with Crippen molar-refractivity contribution in [2.24, 2.45) is 7.05 Å². The van der Waals surface area contributed by atoms with E-state index < -0.39 is 0 Å². The minimum Gasteiger partial charge on any atom is -0.398 e. The SMILES string of the molecule is Cc1cc(F)c(-c2cnnn2C)cc1N. The lowest BCUT2D eigenvalue weighted by Crippen LogP contribution is -1.98. The van der Waals surface area contributed by atoms with Crippen molar-refractivity contribution in [1.82, 2.24) is 15.0 Å². The van der Waals surface area contributed by atoms with Crippen LogP contribution in [-0.2, 0) is 7.05 Å². The van der Waals surface area contributed by atoms with Crippen LogP contribution in [0.15, 0.2) is 18.3 Å². The van der Waals surface area contributed by atoms with Gasteiger partial charge in [0.05, 0.1) is 11.9 Å². The Morgan fingerprint density at radius 2 is 2.13 bits per heavy atom. The summed E-state index contributed by atoms with van der Waals surface area (Å²) >= 11 is 0. The predicted molar refractivity (Wildman–Crippen MR) is 55.5 cm³/mol. The van der Waals surface area contributed by atoms with E-state index in [1.54, 1.807) is 20.0 Å². The van der Waals surface area contributed by atoms with E-state index >= 15 is 0 Å². The number of nitrogen functional groups attached to an aromatic ring is 1. The number of nitrogens with two attached hydrogens (primary N) is 1. The maximum Gasteiger partial charge on any atom is 0.133 e. The number of anilines is 1. The van der Waals surface area contributed by atoms with Gasteiger partial charge >= 0.3 is 0 Å². The molecule has 4 nitrogen and oxygen atoms in total. The van der Waals surface area contributed by atoms with Gasteiger partial charge < -0.3 is 5.73 Å². The summed E-state index contributed by atoms with van der Waals surface area (Å²) < 4.78 is 15.2. The van der Waals surface area contributed by atoms with E-state index in [9.17, 15) is 4.39 Å². The molecule has 0 aliphatic carbocycles. The molecule has 78 valence electrons. The summed E-state index contributed by atoms with van der Waals surface area (Å²) in [5.74, 6) is -0.313. The lowest BCUT2D eigenvalue weighted by molar-refractivity contribution is 0.626. The Labute approximate surface area is 86.5 Å². The summed E-state index contributed by atoms with van der Waals surface area (Å²) in [6, 6.07) is 3.01. The number of halogens is 1. The topological polar surface area (TPSA) is 56.7 Å². The number of rotatable bonds is 1. The number of hydrogen-bond acceptors (Lipinski definition) is 3. The monoisotopic (exact) mass is 206 g/mol. The van der Waals surface area contributed by atoms with E-state index in [1.807, 2.05) is 0 Å². The highest BCUT2D eigenvalue weighted by atomic mass is 19.1. The summed E-state index contributed by atoms with van der Waals surface area (Å²) in [4.78, 5) is 0. The Balaban J connectivity index is 2.64. The molecule has 0 aliphatic heterocycles. The van der Waals surface area contributed by atoms with Gasteiger partial charge in [0.25, 0.3) is 0 Å². The molecule has 0 saturated carbocycles. The summed E-state index contributed by atoms with van der Waals surface area (Å²) in [5.41, 5.74) is 8.05. The zero-order valence-electron chi connectivity index (χ0n) is 8.53. The molecule has 0 fully saturated rings. The lowest BCUT2D eigenvalue weighted by Gasteiger charge is -2.06. The molecule has 0 atom stereocenters. The van der Waals surface area contributed by atoms with Crippen LogP contribution in [0.5, 0.6) is 0 Å². The van der Waals surface area contributed by atoms with Gasteiger partial charge in [-0.05, 0) is 24.6 Å². The quantitative estimate of drug-likeness (QED) is 0.719. The molecular weight excluding hydrogens is 195 g/mol. The molecule has 0 unspecified atom stereocenters. The molecule has 2 N–H and O–H groups in total. The van der Waals surface area contributed by atoms with E-state index in [1.165, 1.54) is 16.9 Å². The molecule has 0 spiro atoms. The molecule has 1 aromatic carbocycles. The van der Waals surface area contributed by atoms with Gasteiger partial charge in [-0.25, -0.2) is 9.07 Å². The van der Waals surface area contributed by atoms with Crippen LogP contribution in [-0.4, -0.2) is 15.0 Å². The van der Waals surface area contributed by atoms with Crippen molar-refractivity contribution in [2.45, 2.75) is 6.92 Å². The average molecular weight is 206 g/mol. The van der Waals surface area contributed by atoms with Crippen molar-refractivity contribution in [3.63, 3.8) is 0 Å². The van der Waals surface area contributed by atoms with Crippen molar-refractivity contribution in [3.05, 3.63) is 29.7 Å². The minimum atomic E-state index is -0.313. The number of aromatic nitrogens is 3. The molecule has 5 heteroatoms. The fraction of sp³-hybridized carbons (Fsp3) is 0.200. The van der Waals surface area contributed by atoms with Gasteiger partial charge in [0.1, 0.15) is 5.82 Å². The van der Waals surface area contributed by atoms with Crippen LogP contribution in [0.3, 0.4) is 0 Å². The largest absolute Gasteiger partial charge is 0.398 e. The normalized spacial score (nSPS) is 10.6. The van der Waals surface area contributed by atoms with Crippen LogP contribution in [0.4, 0.5) is 10.1 Å². The molecular formula is C10H11FN4. The molecule has 1 heterocycles. The highest BCUT2D eigenvalue weighted by Crippen LogP contribution is 2.25. The van der Waals surface area contributed by atoms with Gasteiger partial charge in [0.2, 0.25) is 0 Å². The second kappa shape index (κ2) is 3.34. The van der Waals surface area contributed by atoms with Crippen molar-refractivity contribution in [3.8, 4) is 11.3 Å². The van der Waals surface area contributed by atoms with Crippen molar-refractivity contribution < 1.29 is 4.39 Å². The Bertz CT molecular complexity index is 504. The number of benzene rings is 1. The number of nitrogens with zero attached hydrogens (tertiary/aromatic N) is 3. The van der Waals surface area contributed by atoms with Crippen LogP contribution < -0.4 is 5.73 Å². The zero-order valence-corrected chi connectivity index (χ0v) is 8.53. The Morgan fingerprint density at radius 1 is 1.40 bits per heavy atom. The summed E-state index contributed by atoms with van der Waals surface area (Å²) in [6.45, 7) is 1.77. The Morgan fingerprint density at radius 3 is 2.73 bits per heavy atom. The molecule has 0 saturated heterocycles. The van der Waals surface area contributed by atoms with E-state index in [4.69, 9.17) is 5.73 Å². The van der Waals surface area contributed by atoms with Gasteiger partial charge in [-0.15, -0.1) is 5.10 Å². The first kappa shape index (κ1) is 9.64. The van der Waals surface area contributed by atoms with Crippen molar-refractivity contribution in [1.29, 1.82) is 0 Å². The predicted octanol–water partition coefficient (Wildman–Crippen LogP) is 1.51. The number of hydrogen-bond donors (Lipinski definition) is 1. The van der Waals surface area contributed by atoms with E-state index in [2.05, 4.69) is 10.3 Å². The van der Waals surface area contributed by atoms with Crippen LogP contribution in [0.25, 0.3) is 11.3 Å². The fourth-order valence-electron chi connectivity index (χ4n) is 1.42. The van der Waals surface area contributed by atoms with Gasteiger partial charge in [0.15, 0.2) is 0 Å². The van der Waals surface area contributed by atoms with Crippen molar-refractivity contribution >= 4 is 5.69 Å². The average Bonchev–Trinajstić information content (AvgIpc) is 2.58. The van der Waals surface area contributed by atoms with Crippen LogP contribution in [0.1, 0.15) is 5.56 Å². The summed E-state index contributed by atoms with van der Waals surface area (Å²) in [7, 11) is 1.71. The standard InChI is InChI=1S/C10H11FN4/c1-6-3-8(11)7(4-9(6)12)10-5-13-14-15(10)2/h3-5H,12H2,1-2H3. The molecule has 1 aromatic heterocycles. The van der Waals surface area contributed by atoms with Gasteiger partial charge in [-0.3, -0.25) is 0 Å². The first-order chi connectivity index (χ1) is 7.09. The lowest BCUT2D eigenvalue weighted by atomic mass is 10.1. The highest BCUT2D eigenvalue weighted by Gasteiger charge is 2.11. The second-order valence-electron chi connectivity index (χ2n) is 3.43. The highest BCUT2D eigenvalue weighted by molar-refractivity contribution is 5.66. The maximum atomic E-state index is 13.6. The van der Waals surface area contributed by atoms with E-state index in [0.717, 1.165) is 5.56 Å². The van der Waals surface area contributed by atoms with Crippen LogP contribution in [0.2, 0.25) is 0 Å². The molecule has 2 aromatic rings. The molecule has 0 amide bonds. The van der Waals surface area contributed by atoms with Gasteiger partial charge in [-0.1, -0.05) is 5.21 Å². The molecule has 15 heavy (non-hydrogen) atoms. The summed E-state index contributed by atoms with van der Waals surface area (Å²) in [5, 5.41) is 7.44. The first-order valence-electron chi connectivity index (χ1n) is 4.50. The fourth-order valence-corrected chi connectivity index (χ4v) is 1.42. The minimum absolute atomic E-state index is 0.313. The zero-order chi connectivity index (χ0) is 11.0. The number of aryl methyl sites for hydroxylation is 2. The molecule has 0 bridgehead atoms. The molecule has 0 aliphatic rings. The third kappa shape index (κ3) is 1.56. The van der Waals surface area contributed by atoms with Gasteiger partial charge in [-0.2, -0.15) is 0 Å². The maximum absolute atomic E-state index is 13.6. The first-order valence-corrected chi connectivity index (χ1v) is 4.50. The second-order valence-corrected chi connectivity index (χ2v) is 3.43. The third-order valence-corrected chi connectivity index (χ3v) is 2.35. The van der Waals surface area contributed by atoms with E-state index in [-0.39, 0.29) is 5.82 Å². The van der Waals surface area contributed by atoms with Crippen LogP contribution in [0, 0.1) is 12.7 Å². The molecule has 0 radical (unpaired) electrons. The Kier molecular flexibility index (Phi) is 2.15. The smallest absolute Gasteiger partial charge is 0.133 e. The van der Waals surface area contributed by atoms with Gasteiger partial charge in [0, 0.05) is 18.3 Å². The van der Waals surface area contributed by atoms with Crippen LogP contribution >= 0.6 is 0 Å². The summed E-state index contributed by atoms with van der Waals surface area (Å²) in [6.07, 6.45) is 1.51. The van der Waals surface area contributed by atoms with E-state index in [0.29, 0.717) is 16.9 Å². The third-order valence-electron chi connectivity index (χ3n) is 2.35.